The van der Waals surface area contributed by atoms with Gasteiger partial charge in [0.15, 0.2) is 0 Å². The third-order valence-corrected chi connectivity index (χ3v) is 2.31. The molecule has 9 heteroatoms. The van der Waals surface area contributed by atoms with Crippen LogP contribution in [0.5, 0.6) is 0 Å². The van der Waals surface area contributed by atoms with Crippen molar-refractivity contribution in [3.8, 4) is 0 Å². The van der Waals surface area contributed by atoms with E-state index in [1.54, 1.807) is 20.8 Å². The molecule has 2 atom stereocenters. The minimum atomic E-state index is -0.596. The Labute approximate surface area is 104 Å². The highest BCUT2D eigenvalue weighted by molar-refractivity contribution is 5.68. The number of azide groups is 2. The van der Waals surface area contributed by atoms with E-state index in [9.17, 15) is 4.79 Å². The fraction of sp³-hybridized carbons (Fsp3) is 0.889. The van der Waals surface area contributed by atoms with Gasteiger partial charge >= 0.3 is 6.09 Å². The summed E-state index contributed by atoms with van der Waals surface area (Å²) in [6, 6.07) is -1.09. The van der Waals surface area contributed by atoms with E-state index < -0.39 is 23.8 Å². The van der Waals surface area contributed by atoms with Crippen LogP contribution in [0, 0.1) is 0 Å². The van der Waals surface area contributed by atoms with Gasteiger partial charge in [-0.05, 0) is 31.8 Å². The third kappa shape index (κ3) is 3.73. The molecular weight excluding hydrogens is 238 g/mol. The van der Waals surface area contributed by atoms with Gasteiger partial charge in [-0.25, -0.2) is 4.79 Å². The molecule has 1 amide bonds. The van der Waals surface area contributed by atoms with Gasteiger partial charge < -0.3 is 9.64 Å². The van der Waals surface area contributed by atoms with Gasteiger partial charge in [0, 0.05) is 22.9 Å². The average molecular weight is 253 g/mol. The molecule has 1 aliphatic rings. The summed E-state index contributed by atoms with van der Waals surface area (Å²) in [5.41, 5.74) is 16.2. The van der Waals surface area contributed by atoms with Crippen molar-refractivity contribution in [3.63, 3.8) is 0 Å². The molecule has 0 aromatic rings. The molecule has 0 spiro atoms. The van der Waals surface area contributed by atoms with Gasteiger partial charge in [-0.3, -0.25) is 0 Å². The number of carbonyl (C=O) groups is 1. The Kier molecular flexibility index (Phi) is 4.25. The van der Waals surface area contributed by atoms with E-state index in [2.05, 4.69) is 20.1 Å². The largest absolute Gasteiger partial charge is 0.444 e. The average Bonchev–Trinajstić information content (AvgIpc) is 2.61. The smallest absolute Gasteiger partial charge is 0.410 e. The molecule has 9 nitrogen and oxygen atoms in total. The SMILES string of the molecule is CC(C)(C)OC(=O)N1C[C@H](N=[N+]=[N-])[C@H](N=[N+]=[N-])C1. The lowest BCUT2D eigenvalue weighted by molar-refractivity contribution is 0.0291. The highest BCUT2D eigenvalue weighted by Crippen LogP contribution is 2.20. The molecule has 0 unspecified atom stereocenters. The van der Waals surface area contributed by atoms with E-state index in [1.807, 2.05) is 0 Å². The molecular formula is C9H15N7O2. The van der Waals surface area contributed by atoms with Crippen molar-refractivity contribution >= 4 is 6.09 Å². The Hall–Kier alpha value is -2.11. The van der Waals surface area contributed by atoms with Crippen molar-refractivity contribution < 1.29 is 9.53 Å². The Morgan fingerprint density at radius 3 is 2.00 bits per heavy atom. The molecule has 1 aliphatic heterocycles. The van der Waals surface area contributed by atoms with Gasteiger partial charge in [0.2, 0.25) is 0 Å². The van der Waals surface area contributed by atoms with Crippen LogP contribution in [0.25, 0.3) is 20.9 Å². The first-order valence-corrected chi connectivity index (χ1v) is 5.43. The zero-order valence-electron chi connectivity index (χ0n) is 10.5. The van der Waals surface area contributed by atoms with Crippen molar-refractivity contribution in [2.24, 2.45) is 10.2 Å². The number of rotatable bonds is 2. The molecule has 1 saturated heterocycles. The molecule has 1 fully saturated rings. The molecule has 0 aromatic heterocycles. The van der Waals surface area contributed by atoms with Gasteiger partial charge in [0.25, 0.3) is 0 Å². The zero-order chi connectivity index (χ0) is 13.8. The number of carbonyl (C=O) groups excluding carboxylic acids is 1. The summed E-state index contributed by atoms with van der Waals surface area (Å²) in [6.07, 6.45) is -0.503. The summed E-state index contributed by atoms with van der Waals surface area (Å²) in [4.78, 5) is 18.5. The molecule has 0 radical (unpaired) electrons. The summed E-state index contributed by atoms with van der Waals surface area (Å²) in [5, 5.41) is 7.04. The summed E-state index contributed by atoms with van der Waals surface area (Å²) in [6.45, 7) is 5.68. The summed E-state index contributed by atoms with van der Waals surface area (Å²) in [5.74, 6) is 0. The topological polar surface area (TPSA) is 127 Å². The quantitative estimate of drug-likeness (QED) is 0.425. The normalized spacial score (nSPS) is 22.9. The first-order valence-electron chi connectivity index (χ1n) is 5.43. The van der Waals surface area contributed by atoms with Crippen LogP contribution in [0.3, 0.4) is 0 Å². The van der Waals surface area contributed by atoms with E-state index in [1.165, 1.54) is 4.90 Å². The van der Waals surface area contributed by atoms with E-state index in [0.717, 1.165) is 0 Å². The van der Waals surface area contributed by atoms with Gasteiger partial charge in [-0.1, -0.05) is 10.2 Å². The van der Waals surface area contributed by atoms with Crippen LogP contribution in [0.1, 0.15) is 20.8 Å². The Morgan fingerprint density at radius 2 is 1.67 bits per heavy atom. The van der Waals surface area contributed by atoms with Crippen LogP contribution in [0.4, 0.5) is 4.79 Å². The highest BCUT2D eigenvalue weighted by Gasteiger charge is 2.36. The van der Waals surface area contributed by atoms with Crippen molar-refractivity contribution in [3.05, 3.63) is 20.9 Å². The number of amides is 1. The monoisotopic (exact) mass is 253 g/mol. The fourth-order valence-electron chi connectivity index (χ4n) is 1.60. The zero-order valence-corrected chi connectivity index (χ0v) is 10.5. The second-order valence-electron chi connectivity index (χ2n) is 4.93. The predicted molar refractivity (Wildman–Crippen MR) is 63.7 cm³/mol. The van der Waals surface area contributed by atoms with Crippen LogP contribution in [-0.4, -0.2) is 41.8 Å². The lowest BCUT2D eigenvalue weighted by Gasteiger charge is -2.24. The summed E-state index contributed by atoms with van der Waals surface area (Å²) >= 11 is 0. The van der Waals surface area contributed by atoms with Crippen LogP contribution in [0.15, 0.2) is 10.2 Å². The lowest BCUT2D eigenvalue weighted by atomic mass is 10.2. The van der Waals surface area contributed by atoms with Crippen molar-refractivity contribution in [1.29, 1.82) is 0 Å². The second kappa shape index (κ2) is 5.48. The van der Waals surface area contributed by atoms with Gasteiger partial charge in [0.1, 0.15) is 5.60 Å². The lowest BCUT2D eigenvalue weighted by Crippen LogP contribution is -2.35. The Morgan fingerprint density at radius 1 is 1.22 bits per heavy atom. The molecule has 0 bridgehead atoms. The Balaban J connectivity index is 2.74. The maximum atomic E-state index is 11.8. The molecule has 98 valence electrons. The molecule has 1 heterocycles. The second-order valence-corrected chi connectivity index (χ2v) is 4.93. The van der Waals surface area contributed by atoms with Crippen LogP contribution in [0.2, 0.25) is 0 Å². The molecule has 0 saturated carbocycles. The van der Waals surface area contributed by atoms with Crippen LogP contribution in [-0.2, 0) is 4.74 Å². The molecule has 18 heavy (non-hydrogen) atoms. The highest BCUT2D eigenvalue weighted by atomic mass is 16.6. The van der Waals surface area contributed by atoms with Gasteiger partial charge in [-0.2, -0.15) is 0 Å². The maximum Gasteiger partial charge on any atom is 0.410 e. The summed E-state index contributed by atoms with van der Waals surface area (Å²) in [7, 11) is 0. The van der Waals surface area contributed by atoms with E-state index in [4.69, 9.17) is 15.8 Å². The predicted octanol–water partition coefficient (Wildman–Crippen LogP) is 2.59. The molecule has 1 rings (SSSR count). The van der Waals surface area contributed by atoms with E-state index >= 15 is 0 Å². The minimum Gasteiger partial charge on any atom is -0.444 e. The first kappa shape index (κ1) is 14.0. The standard InChI is InChI=1S/C9H15N7O2/c1-9(2,3)18-8(17)16-4-6(12-14-10)7(5-16)13-15-11/h6-7H,4-5H2,1-3H3/t6-,7+. The number of likely N-dealkylation sites (tertiary alicyclic amines) is 1. The van der Waals surface area contributed by atoms with Crippen LogP contribution >= 0.6 is 0 Å². The number of nitrogens with zero attached hydrogens (tertiary/aromatic N) is 7. The first-order chi connectivity index (χ1) is 8.37. The van der Waals surface area contributed by atoms with E-state index in [-0.39, 0.29) is 13.1 Å². The third-order valence-electron chi connectivity index (χ3n) is 2.31. The molecule has 0 aromatic carbocycles. The maximum absolute atomic E-state index is 11.8. The summed E-state index contributed by atoms with van der Waals surface area (Å²) < 4.78 is 5.19. The van der Waals surface area contributed by atoms with Crippen molar-refractivity contribution in [2.75, 3.05) is 13.1 Å². The number of hydrogen-bond acceptors (Lipinski definition) is 4. The fourth-order valence-corrected chi connectivity index (χ4v) is 1.60. The number of hydrogen-bond donors (Lipinski definition) is 0. The minimum absolute atomic E-state index is 0.197. The van der Waals surface area contributed by atoms with Crippen molar-refractivity contribution in [2.45, 2.75) is 38.5 Å². The Bertz CT molecular complexity index is 391. The number of ether oxygens (including phenoxy) is 1. The van der Waals surface area contributed by atoms with Gasteiger partial charge in [0.05, 0.1) is 12.1 Å². The van der Waals surface area contributed by atoms with Crippen molar-refractivity contribution in [1.82, 2.24) is 4.90 Å². The molecule has 0 aliphatic carbocycles. The molecule has 0 N–H and O–H groups in total. The van der Waals surface area contributed by atoms with E-state index in [0.29, 0.717) is 0 Å². The van der Waals surface area contributed by atoms with Crippen LogP contribution < -0.4 is 0 Å². The van der Waals surface area contributed by atoms with Gasteiger partial charge in [-0.15, -0.1) is 0 Å².